The van der Waals surface area contributed by atoms with Gasteiger partial charge < -0.3 is 20.0 Å². The van der Waals surface area contributed by atoms with E-state index in [9.17, 15) is 10.3 Å². The Bertz CT molecular complexity index is 713. The first-order chi connectivity index (χ1) is 9.35. The number of nitrogens with zero attached hydrogens (tertiary/aromatic N) is 3. The minimum atomic E-state index is -0.963. The number of aromatic nitrogens is 2. The van der Waals surface area contributed by atoms with E-state index in [4.69, 9.17) is 4.74 Å². The number of likely N-dealkylation sites (N-methyl/N-ethyl adjacent to an activating group) is 1. The fourth-order valence-corrected chi connectivity index (χ4v) is 2.88. The molecule has 6 heteroatoms. The van der Waals surface area contributed by atoms with Crippen LogP contribution < -0.4 is 14.4 Å². The molecule has 1 aliphatic heterocycles. The highest BCUT2D eigenvalue weighted by atomic mass is 16.5. The van der Waals surface area contributed by atoms with Crippen molar-refractivity contribution >= 4 is 16.6 Å². The molecule has 1 aromatic carbocycles. The Morgan fingerprint density at radius 3 is 2.85 bits per heavy atom. The number of aryl methyl sites for hydroxylation is 1. The van der Waals surface area contributed by atoms with Gasteiger partial charge in [0.25, 0.3) is 0 Å². The minimum absolute atomic E-state index is 0.320. The van der Waals surface area contributed by atoms with Gasteiger partial charge in [-0.05, 0) is 24.0 Å². The summed E-state index contributed by atoms with van der Waals surface area (Å²) >= 11 is 0. The standard InChI is InChI=1S/C14H17N3O3/c1-8-15-13(20-4)9-5-12-10(6-11(9)17(8)19)14(2,18)7-16(12)3/h5-6,18H,7H2,1-4H3. The van der Waals surface area contributed by atoms with Crippen LogP contribution in [-0.2, 0) is 5.60 Å². The molecule has 1 atom stereocenters. The maximum Gasteiger partial charge on any atom is 0.339 e. The predicted molar refractivity (Wildman–Crippen MR) is 74.8 cm³/mol. The fourth-order valence-electron chi connectivity index (χ4n) is 2.88. The summed E-state index contributed by atoms with van der Waals surface area (Å²) in [5.74, 6) is 0.743. The second kappa shape index (κ2) is 3.96. The zero-order valence-electron chi connectivity index (χ0n) is 12.0. The highest BCUT2D eigenvalue weighted by Crippen LogP contribution is 2.41. The van der Waals surface area contributed by atoms with Crippen LogP contribution in [-0.4, -0.2) is 30.8 Å². The zero-order chi connectivity index (χ0) is 14.7. The summed E-state index contributed by atoms with van der Waals surface area (Å²) in [5, 5.41) is 23.3. The molecule has 6 nitrogen and oxygen atoms in total. The maximum atomic E-state index is 12.2. The monoisotopic (exact) mass is 275 g/mol. The van der Waals surface area contributed by atoms with E-state index < -0.39 is 5.60 Å². The summed E-state index contributed by atoms with van der Waals surface area (Å²) in [6.45, 7) is 3.88. The number of rotatable bonds is 1. The lowest BCUT2D eigenvalue weighted by Gasteiger charge is -2.17. The number of aliphatic hydroxyl groups is 1. The number of methoxy groups -OCH3 is 1. The van der Waals surface area contributed by atoms with Crippen molar-refractivity contribution in [3.63, 3.8) is 0 Å². The molecule has 2 heterocycles. The molecule has 0 fully saturated rings. The van der Waals surface area contributed by atoms with Crippen molar-refractivity contribution in [2.75, 3.05) is 25.6 Å². The zero-order valence-corrected chi connectivity index (χ0v) is 12.0. The van der Waals surface area contributed by atoms with E-state index in [0.717, 1.165) is 16.0 Å². The van der Waals surface area contributed by atoms with E-state index in [-0.39, 0.29) is 0 Å². The molecule has 0 amide bonds. The van der Waals surface area contributed by atoms with Crippen molar-refractivity contribution in [2.45, 2.75) is 19.4 Å². The summed E-state index contributed by atoms with van der Waals surface area (Å²) in [7, 11) is 3.44. The summed E-state index contributed by atoms with van der Waals surface area (Å²) in [5.41, 5.74) is 1.15. The third kappa shape index (κ3) is 1.61. The van der Waals surface area contributed by atoms with E-state index in [0.29, 0.717) is 29.2 Å². The number of benzene rings is 1. The SMILES string of the molecule is COc1nc(C)[n+]([O-])c2cc3c(cc12)N(C)CC3(C)O. The van der Waals surface area contributed by atoms with Crippen molar-refractivity contribution in [1.82, 2.24) is 4.98 Å². The van der Waals surface area contributed by atoms with Crippen LogP contribution in [0, 0.1) is 12.1 Å². The van der Waals surface area contributed by atoms with E-state index in [1.54, 1.807) is 19.9 Å². The van der Waals surface area contributed by atoms with Crippen LogP contribution in [0.3, 0.4) is 0 Å². The minimum Gasteiger partial charge on any atom is -0.710 e. The topological polar surface area (TPSA) is 72.5 Å². The largest absolute Gasteiger partial charge is 0.710 e. The molecule has 20 heavy (non-hydrogen) atoms. The smallest absolute Gasteiger partial charge is 0.339 e. The Morgan fingerprint density at radius 2 is 2.20 bits per heavy atom. The molecular weight excluding hydrogens is 258 g/mol. The molecule has 0 aliphatic carbocycles. The molecule has 3 rings (SSSR count). The molecule has 1 N–H and O–H groups in total. The number of hydrogen-bond donors (Lipinski definition) is 1. The van der Waals surface area contributed by atoms with E-state index in [1.165, 1.54) is 7.11 Å². The second-order valence-electron chi connectivity index (χ2n) is 5.48. The van der Waals surface area contributed by atoms with Gasteiger partial charge in [0.05, 0.1) is 13.7 Å². The normalized spacial score (nSPS) is 21.4. The third-order valence-corrected chi connectivity index (χ3v) is 3.85. The van der Waals surface area contributed by atoms with Gasteiger partial charge in [0.15, 0.2) is 0 Å². The first kappa shape index (κ1) is 12.9. The number of fused-ring (bicyclic) bond motifs is 2. The molecule has 1 aliphatic rings. The summed E-state index contributed by atoms with van der Waals surface area (Å²) in [4.78, 5) is 6.11. The Balaban J connectivity index is 2.41. The first-order valence-corrected chi connectivity index (χ1v) is 6.41. The average molecular weight is 275 g/mol. The van der Waals surface area contributed by atoms with Gasteiger partial charge in [-0.3, -0.25) is 0 Å². The molecule has 106 valence electrons. The van der Waals surface area contributed by atoms with E-state index in [2.05, 4.69) is 4.98 Å². The number of β-amino-alcohol motifs (C(OH)–C–C–N with tert-alkyl or cyclic N) is 1. The molecule has 1 aromatic heterocycles. The van der Waals surface area contributed by atoms with Crippen molar-refractivity contribution < 1.29 is 14.6 Å². The summed E-state index contributed by atoms with van der Waals surface area (Å²) in [6.07, 6.45) is 0. The van der Waals surface area contributed by atoms with Gasteiger partial charge in [-0.25, -0.2) is 4.73 Å². The molecule has 2 aromatic rings. The van der Waals surface area contributed by atoms with Crippen LogP contribution in [0.15, 0.2) is 12.1 Å². The number of ether oxygens (including phenoxy) is 1. The van der Waals surface area contributed by atoms with Crippen molar-refractivity contribution in [3.05, 3.63) is 28.7 Å². The van der Waals surface area contributed by atoms with E-state index in [1.807, 2.05) is 18.0 Å². The molecule has 0 radical (unpaired) electrons. The van der Waals surface area contributed by atoms with Gasteiger partial charge in [0, 0.05) is 25.2 Å². The van der Waals surface area contributed by atoms with Crippen LogP contribution in [0.4, 0.5) is 5.69 Å². The molecular formula is C14H17N3O3. The van der Waals surface area contributed by atoms with Gasteiger partial charge in [0.1, 0.15) is 16.5 Å². The van der Waals surface area contributed by atoms with Crippen molar-refractivity contribution in [1.29, 1.82) is 0 Å². The van der Waals surface area contributed by atoms with Crippen LogP contribution in [0.2, 0.25) is 0 Å². The molecule has 0 saturated carbocycles. The van der Waals surface area contributed by atoms with Gasteiger partial charge in [-0.2, -0.15) is 0 Å². The van der Waals surface area contributed by atoms with Gasteiger partial charge in [0.2, 0.25) is 0 Å². The number of anilines is 1. The Kier molecular flexibility index (Phi) is 2.56. The third-order valence-electron chi connectivity index (χ3n) is 3.85. The first-order valence-electron chi connectivity index (χ1n) is 6.41. The van der Waals surface area contributed by atoms with Gasteiger partial charge >= 0.3 is 11.7 Å². The van der Waals surface area contributed by atoms with Crippen LogP contribution in [0.1, 0.15) is 18.3 Å². The highest BCUT2D eigenvalue weighted by Gasteiger charge is 2.37. The summed E-state index contributed by atoms with van der Waals surface area (Å²) in [6, 6.07) is 3.59. The molecule has 0 spiro atoms. The quantitative estimate of drug-likeness (QED) is 0.617. The van der Waals surface area contributed by atoms with Crippen LogP contribution >= 0.6 is 0 Å². The van der Waals surface area contributed by atoms with Crippen LogP contribution in [0.5, 0.6) is 5.88 Å². The Morgan fingerprint density at radius 1 is 1.50 bits per heavy atom. The average Bonchev–Trinajstić information content (AvgIpc) is 2.62. The van der Waals surface area contributed by atoms with E-state index >= 15 is 0 Å². The van der Waals surface area contributed by atoms with Crippen LogP contribution in [0.25, 0.3) is 10.9 Å². The lowest BCUT2D eigenvalue weighted by molar-refractivity contribution is -0.588. The van der Waals surface area contributed by atoms with Gasteiger partial charge in [-0.1, -0.05) is 0 Å². The lowest BCUT2D eigenvalue weighted by atomic mass is 9.97. The Labute approximate surface area is 116 Å². The highest BCUT2D eigenvalue weighted by molar-refractivity contribution is 5.87. The second-order valence-corrected chi connectivity index (χ2v) is 5.48. The molecule has 1 unspecified atom stereocenters. The maximum absolute atomic E-state index is 12.2. The van der Waals surface area contributed by atoms with Crippen molar-refractivity contribution in [2.24, 2.45) is 0 Å². The van der Waals surface area contributed by atoms with Crippen molar-refractivity contribution in [3.8, 4) is 5.88 Å². The molecule has 0 bridgehead atoms. The number of hydrogen-bond acceptors (Lipinski definition) is 5. The molecule has 0 saturated heterocycles. The van der Waals surface area contributed by atoms with Gasteiger partial charge in [-0.15, -0.1) is 0 Å². The fraction of sp³-hybridized carbons (Fsp3) is 0.429. The predicted octanol–water partition coefficient (Wildman–Crippen LogP) is 0.843. The summed E-state index contributed by atoms with van der Waals surface area (Å²) < 4.78 is 6.04. The Hall–Kier alpha value is -2.08. The lowest BCUT2D eigenvalue weighted by Crippen LogP contribution is -2.33.